The van der Waals surface area contributed by atoms with E-state index in [0.717, 1.165) is 5.56 Å². The van der Waals surface area contributed by atoms with Crippen molar-refractivity contribution in [1.82, 2.24) is 10.2 Å². The molecule has 5 nitrogen and oxygen atoms in total. The highest BCUT2D eigenvalue weighted by Crippen LogP contribution is 2.27. The summed E-state index contributed by atoms with van der Waals surface area (Å²) in [6, 6.07) is 6.16. The number of hydrogen-bond acceptors (Lipinski definition) is 5. The van der Waals surface area contributed by atoms with Crippen LogP contribution in [0.15, 0.2) is 24.3 Å². The van der Waals surface area contributed by atoms with Crippen LogP contribution >= 0.6 is 11.8 Å². The van der Waals surface area contributed by atoms with Crippen molar-refractivity contribution in [3.05, 3.63) is 35.6 Å². The maximum absolute atomic E-state index is 13.5. The summed E-state index contributed by atoms with van der Waals surface area (Å²) in [5.41, 5.74) is 0.781. The lowest BCUT2D eigenvalue weighted by molar-refractivity contribution is -0.131. The lowest BCUT2D eigenvalue weighted by Gasteiger charge is -2.36. The van der Waals surface area contributed by atoms with E-state index in [1.54, 1.807) is 11.0 Å². The molecule has 132 valence electrons. The van der Waals surface area contributed by atoms with Crippen LogP contribution in [0.4, 0.5) is 4.39 Å². The zero-order valence-corrected chi connectivity index (χ0v) is 14.9. The van der Waals surface area contributed by atoms with Gasteiger partial charge in [-0.2, -0.15) is 0 Å². The maximum atomic E-state index is 13.5. The number of thioether (sulfide) groups is 1. The number of nitrogens with zero attached hydrogens (tertiary/aromatic N) is 1. The number of carbonyl (C=O) groups excluding carboxylic acids is 1. The molecular weight excluding hydrogens is 351 g/mol. The Morgan fingerprint density at radius 2 is 2.25 bits per heavy atom. The summed E-state index contributed by atoms with van der Waals surface area (Å²) < 4.78 is 36.5. The highest BCUT2D eigenvalue weighted by Gasteiger charge is 2.31. The van der Waals surface area contributed by atoms with Crippen LogP contribution in [0, 0.1) is 5.82 Å². The summed E-state index contributed by atoms with van der Waals surface area (Å²) in [6.07, 6.45) is 0.620. The SMILES string of the molecule is O=C(CSC1CCS(=O)(=O)C1)N1CCNCC1c1cccc(F)c1. The van der Waals surface area contributed by atoms with Gasteiger partial charge in [-0.25, -0.2) is 12.8 Å². The minimum Gasteiger partial charge on any atom is -0.332 e. The molecular formula is C16H21FN2O3S2. The second-order valence-electron chi connectivity index (χ2n) is 6.20. The van der Waals surface area contributed by atoms with Gasteiger partial charge in [-0.15, -0.1) is 11.8 Å². The van der Waals surface area contributed by atoms with Crippen LogP contribution in [0.3, 0.4) is 0 Å². The van der Waals surface area contributed by atoms with E-state index in [1.807, 2.05) is 6.07 Å². The Hall–Kier alpha value is -1.12. The number of carbonyl (C=O) groups is 1. The van der Waals surface area contributed by atoms with Crippen molar-refractivity contribution < 1.29 is 17.6 Å². The molecule has 24 heavy (non-hydrogen) atoms. The fraction of sp³-hybridized carbons (Fsp3) is 0.562. The van der Waals surface area contributed by atoms with Crippen molar-refractivity contribution in [1.29, 1.82) is 0 Å². The molecule has 0 bridgehead atoms. The van der Waals surface area contributed by atoms with Gasteiger partial charge in [0.2, 0.25) is 5.91 Å². The van der Waals surface area contributed by atoms with E-state index >= 15 is 0 Å². The average molecular weight is 372 g/mol. The van der Waals surface area contributed by atoms with E-state index in [1.165, 1.54) is 23.9 Å². The molecule has 2 aliphatic heterocycles. The largest absolute Gasteiger partial charge is 0.332 e. The second-order valence-corrected chi connectivity index (χ2v) is 9.72. The van der Waals surface area contributed by atoms with Gasteiger partial charge in [-0.05, 0) is 24.1 Å². The van der Waals surface area contributed by atoms with Crippen LogP contribution < -0.4 is 5.32 Å². The Morgan fingerprint density at radius 3 is 2.96 bits per heavy atom. The third-order valence-electron chi connectivity index (χ3n) is 4.43. The summed E-state index contributed by atoms with van der Waals surface area (Å²) in [7, 11) is -2.92. The molecule has 1 aromatic rings. The number of nitrogens with one attached hydrogen (secondary N) is 1. The number of hydrogen-bond donors (Lipinski definition) is 1. The van der Waals surface area contributed by atoms with Gasteiger partial charge in [0.1, 0.15) is 5.82 Å². The smallest absolute Gasteiger partial charge is 0.233 e. The Labute approximate surface area is 145 Å². The molecule has 1 aromatic carbocycles. The fourth-order valence-corrected chi connectivity index (χ4v) is 6.71. The third kappa shape index (κ3) is 4.29. The molecule has 3 rings (SSSR count). The number of amides is 1. The van der Waals surface area contributed by atoms with Gasteiger partial charge in [-0.1, -0.05) is 12.1 Å². The number of sulfone groups is 1. The van der Waals surface area contributed by atoms with E-state index in [9.17, 15) is 17.6 Å². The quantitative estimate of drug-likeness (QED) is 0.861. The van der Waals surface area contributed by atoms with Crippen molar-refractivity contribution >= 4 is 27.5 Å². The third-order valence-corrected chi connectivity index (χ3v) is 7.70. The molecule has 2 aliphatic rings. The standard InChI is InChI=1S/C16H21FN2O3S2/c17-13-3-1-2-12(8-13)15-9-18-5-6-19(15)16(20)10-23-14-4-7-24(21,22)11-14/h1-3,8,14-15,18H,4-7,9-11H2. The Kier molecular flexibility index (Phi) is 5.46. The molecule has 0 aromatic heterocycles. The topological polar surface area (TPSA) is 66.5 Å². The zero-order valence-electron chi connectivity index (χ0n) is 13.3. The van der Waals surface area contributed by atoms with Crippen molar-refractivity contribution in [2.24, 2.45) is 0 Å². The molecule has 1 amide bonds. The summed E-state index contributed by atoms with van der Waals surface area (Å²) in [6.45, 7) is 1.88. The first-order valence-corrected chi connectivity index (χ1v) is 10.9. The minimum absolute atomic E-state index is 0.00878. The Balaban J connectivity index is 1.63. The van der Waals surface area contributed by atoms with E-state index in [-0.39, 0.29) is 40.3 Å². The van der Waals surface area contributed by atoms with Gasteiger partial charge >= 0.3 is 0 Å². The highest BCUT2D eigenvalue weighted by atomic mass is 32.2. The maximum Gasteiger partial charge on any atom is 0.233 e. The van der Waals surface area contributed by atoms with Crippen LogP contribution in [0.1, 0.15) is 18.0 Å². The first-order valence-electron chi connectivity index (χ1n) is 8.02. The zero-order chi connectivity index (χ0) is 17.2. The van der Waals surface area contributed by atoms with Gasteiger partial charge in [0.25, 0.3) is 0 Å². The molecule has 8 heteroatoms. The van der Waals surface area contributed by atoms with Crippen molar-refractivity contribution in [2.45, 2.75) is 17.7 Å². The summed E-state index contributed by atoms with van der Waals surface area (Å²) in [5.74, 6) is 0.334. The molecule has 2 saturated heterocycles. The van der Waals surface area contributed by atoms with Crippen LogP contribution in [0.5, 0.6) is 0 Å². The van der Waals surface area contributed by atoms with E-state index in [0.29, 0.717) is 26.1 Å². The van der Waals surface area contributed by atoms with Gasteiger partial charge in [0.15, 0.2) is 9.84 Å². The molecule has 2 heterocycles. The number of halogens is 1. The number of benzene rings is 1. The normalized spacial score (nSPS) is 26.5. The lowest BCUT2D eigenvalue weighted by atomic mass is 10.0. The fourth-order valence-electron chi connectivity index (χ4n) is 3.18. The first kappa shape index (κ1) is 17.7. The molecule has 2 fully saturated rings. The minimum atomic E-state index is -2.92. The number of piperazine rings is 1. The van der Waals surface area contributed by atoms with E-state index in [4.69, 9.17) is 0 Å². The average Bonchev–Trinajstić information content (AvgIpc) is 2.92. The predicted octanol–water partition coefficient (Wildman–Crippen LogP) is 1.22. The van der Waals surface area contributed by atoms with Crippen molar-refractivity contribution in [2.75, 3.05) is 36.9 Å². The van der Waals surface area contributed by atoms with E-state index < -0.39 is 9.84 Å². The molecule has 0 radical (unpaired) electrons. The Bertz CT molecular complexity index is 711. The van der Waals surface area contributed by atoms with Crippen molar-refractivity contribution in [3.63, 3.8) is 0 Å². The molecule has 1 N–H and O–H groups in total. The second kappa shape index (κ2) is 7.41. The molecule has 2 unspecified atom stereocenters. The van der Waals surface area contributed by atoms with Crippen LogP contribution in [-0.2, 0) is 14.6 Å². The van der Waals surface area contributed by atoms with Gasteiger partial charge in [0, 0.05) is 24.9 Å². The highest BCUT2D eigenvalue weighted by molar-refractivity contribution is 8.02. The van der Waals surface area contributed by atoms with Crippen LogP contribution in [0.25, 0.3) is 0 Å². The Morgan fingerprint density at radius 1 is 1.42 bits per heavy atom. The van der Waals surface area contributed by atoms with Gasteiger partial charge in [-0.3, -0.25) is 4.79 Å². The van der Waals surface area contributed by atoms with Gasteiger partial charge in [0.05, 0.1) is 23.3 Å². The monoisotopic (exact) mass is 372 g/mol. The van der Waals surface area contributed by atoms with Crippen LogP contribution in [-0.4, -0.2) is 61.4 Å². The van der Waals surface area contributed by atoms with Crippen molar-refractivity contribution in [3.8, 4) is 0 Å². The molecule has 0 spiro atoms. The first-order chi connectivity index (χ1) is 11.4. The lowest BCUT2D eigenvalue weighted by Crippen LogP contribution is -2.49. The number of rotatable bonds is 4. The summed E-state index contributed by atoms with van der Waals surface area (Å²) >= 11 is 1.42. The van der Waals surface area contributed by atoms with Gasteiger partial charge < -0.3 is 10.2 Å². The molecule has 0 aliphatic carbocycles. The van der Waals surface area contributed by atoms with Crippen LogP contribution in [0.2, 0.25) is 0 Å². The molecule has 0 saturated carbocycles. The predicted molar refractivity (Wildman–Crippen MR) is 93.2 cm³/mol. The van der Waals surface area contributed by atoms with E-state index in [2.05, 4.69) is 5.32 Å². The molecule has 2 atom stereocenters. The summed E-state index contributed by atoms with van der Waals surface area (Å²) in [4.78, 5) is 14.4. The summed E-state index contributed by atoms with van der Waals surface area (Å²) in [5, 5.41) is 3.25.